The summed E-state index contributed by atoms with van der Waals surface area (Å²) in [6.07, 6.45) is 7.79. The minimum atomic E-state index is -3.73. The fraction of sp³-hybridized carbons (Fsp3) is 0.250. The number of halogens is 1. The zero-order valence-electron chi connectivity index (χ0n) is 14.7. The van der Waals surface area contributed by atoms with Gasteiger partial charge >= 0.3 is 0 Å². The van der Waals surface area contributed by atoms with Crippen molar-refractivity contribution >= 4 is 21.2 Å². The van der Waals surface area contributed by atoms with Crippen LogP contribution in [0.25, 0.3) is 11.1 Å². The first-order valence-corrected chi connectivity index (χ1v) is 10.0. The molecule has 26 heavy (non-hydrogen) atoms. The van der Waals surface area contributed by atoms with Crippen LogP contribution in [0.1, 0.15) is 37.8 Å². The molecule has 2 aromatic rings. The highest BCUT2D eigenvalue weighted by molar-refractivity contribution is 7.89. The Morgan fingerprint density at radius 2 is 1.50 bits per heavy atom. The molecule has 1 aliphatic carbocycles. The molecule has 3 rings (SSSR count). The van der Waals surface area contributed by atoms with Gasteiger partial charge in [-0.15, -0.1) is 0 Å². The molecular formula is C20H21FN2O2S. The van der Waals surface area contributed by atoms with Crippen LogP contribution in [0.5, 0.6) is 0 Å². The molecule has 0 spiro atoms. The molecule has 1 aromatic carbocycles. The van der Waals surface area contributed by atoms with E-state index in [2.05, 4.69) is 31.0 Å². The quantitative estimate of drug-likeness (QED) is 0.801. The lowest BCUT2D eigenvalue weighted by Crippen LogP contribution is -2.11. The molecule has 0 fully saturated rings. The molecule has 0 unspecified atom stereocenters. The number of primary sulfonamides is 1. The summed E-state index contributed by atoms with van der Waals surface area (Å²) < 4.78 is 36.2. The van der Waals surface area contributed by atoms with Gasteiger partial charge in [0.1, 0.15) is 0 Å². The van der Waals surface area contributed by atoms with Crippen LogP contribution in [0.3, 0.4) is 0 Å². The van der Waals surface area contributed by atoms with Crippen LogP contribution >= 0.6 is 0 Å². The third-order valence-electron chi connectivity index (χ3n) is 5.00. The first-order chi connectivity index (χ1) is 12.3. The molecule has 1 aliphatic rings. The molecule has 0 saturated carbocycles. The number of hydrogen-bond donors (Lipinski definition) is 1. The largest absolute Gasteiger partial charge is 0.238 e. The second kappa shape index (κ2) is 6.78. The lowest BCUT2D eigenvalue weighted by molar-refractivity contribution is 0.464. The number of pyridine rings is 1. The zero-order chi connectivity index (χ0) is 18.9. The summed E-state index contributed by atoms with van der Waals surface area (Å²) in [5.41, 5.74) is 3.60. The van der Waals surface area contributed by atoms with Gasteiger partial charge in [-0.3, -0.25) is 0 Å². The third-order valence-corrected chi connectivity index (χ3v) is 5.93. The Kier molecular flexibility index (Phi) is 4.82. The predicted octanol–water partition coefficient (Wildman–Crippen LogP) is 4.16. The minimum absolute atomic E-state index is 0.0751. The summed E-state index contributed by atoms with van der Waals surface area (Å²) in [7, 11) is -3.73. The van der Waals surface area contributed by atoms with Crippen LogP contribution < -0.4 is 5.14 Å². The Hall–Kier alpha value is -2.31. The van der Waals surface area contributed by atoms with E-state index in [0.29, 0.717) is 0 Å². The molecule has 4 nitrogen and oxygen atoms in total. The van der Waals surface area contributed by atoms with Gasteiger partial charge in [0.05, 0.1) is 4.90 Å². The first kappa shape index (κ1) is 18.5. The van der Waals surface area contributed by atoms with Crippen LogP contribution in [-0.4, -0.2) is 13.4 Å². The molecule has 0 amide bonds. The second-order valence-electron chi connectivity index (χ2n) is 6.50. The molecule has 6 heteroatoms. The molecule has 0 saturated heterocycles. The van der Waals surface area contributed by atoms with E-state index >= 15 is 0 Å². The fourth-order valence-electron chi connectivity index (χ4n) is 3.27. The highest BCUT2D eigenvalue weighted by Crippen LogP contribution is 2.47. The van der Waals surface area contributed by atoms with Crippen molar-refractivity contribution < 1.29 is 12.8 Å². The molecule has 0 radical (unpaired) electrons. The molecular weight excluding hydrogens is 351 g/mol. The van der Waals surface area contributed by atoms with E-state index in [9.17, 15) is 12.8 Å². The summed E-state index contributed by atoms with van der Waals surface area (Å²) in [6, 6.07) is 9.56. The topological polar surface area (TPSA) is 73.1 Å². The van der Waals surface area contributed by atoms with E-state index in [4.69, 9.17) is 5.14 Å². The average Bonchev–Trinajstić information content (AvgIpc) is 3.02. The van der Waals surface area contributed by atoms with Gasteiger partial charge in [-0.05, 0) is 53.8 Å². The van der Waals surface area contributed by atoms with Crippen molar-refractivity contribution in [3.05, 3.63) is 71.8 Å². The number of rotatable bonds is 5. The minimum Gasteiger partial charge on any atom is -0.228 e. The Bertz CT molecular complexity index is 971. The Morgan fingerprint density at radius 1 is 0.962 bits per heavy atom. The van der Waals surface area contributed by atoms with E-state index in [1.807, 2.05) is 0 Å². The molecule has 0 atom stereocenters. The maximum Gasteiger partial charge on any atom is 0.238 e. The molecule has 1 heterocycles. The van der Waals surface area contributed by atoms with Crippen molar-refractivity contribution in [1.82, 2.24) is 4.98 Å². The molecule has 0 bridgehead atoms. The van der Waals surface area contributed by atoms with E-state index in [-0.39, 0.29) is 10.3 Å². The highest BCUT2D eigenvalue weighted by atomic mass is 32.2. The van der Waals surface area contributed by atoms with Crippen LogP contribution in [0.2, 0.25) is 0 Å². The van der Waals surface area contributed by atoms with Gasteiger partial charge in [-0.25, -0.2) is 18.5 Å². The summed E-state index contributed by atoms with van der Waals surface area (Å²) in [4.78, 5) is 3.84. The van der Waals surface area contributed by atoms with Gasteiger partial charge in [0.25, 0.3) is 0 Å². The number of sulfonamides is 1. The standard InChI is InChI=1S/C20H21FN2O2S/c1-3-20(4-2)11-17(14-5-8-16(9-6-14)26(22,24)25)18(12-20)15-7-10-19(21)23-13-15/h5-13H,3-4H2,1-2H3,(H2,22,24,25). The van der Waals surface area contributed by atoms with Crippen molar-refractivity contribution in [2.45, 2.75) is 31.6 Å². The normalized spacial score (nSPS) is 16.3. The summed E-state index contributed by atoms with van der Waals surface area (Å²) in [5.74, 6) is -0.521. The van der Waals surface area contributed by atoms with Gasteiger partial charge < -0.3 is 0 Å². The lowest BCUT2D eigenvalue weighted by Gasteiger charge is -2.20. The Morgan fingerprint density at radius 3 is 1.96 bits per heavy atom. The second-order valence-corrected chi connectivity index (χ2v) is 8.06. The number of allylic oxidation sites excluding steroid dienone is 4. The van der Waals surface area contributed by atoms with Crippen molar-refractivity contribution in [1.29, 1.82) is 0 Å². The van der Waals surface area contributed by atoms with Gasteiger partial charge in [0.2, 0.25) is 16.0 Å². The number of benzene rings is 1. The van der Waals surface area contributed by atoms with Gasteiger partial charge in [-0.2, -0.15) is 4.39 Å². The average molecular weight is 372 g/mol. The Balaban J connectivity index is 2.10. The zero-order valence-corrected chi connectivity index (χ0v) is 15.6. The summed E-state index contributed by atoms with van der Waals surface area (Å²) in [5, 5.41) is 5.18. The van der Waals surface area contributed by atoms with Crippen molar-refractivity contribution in [3.8, 4) is 0 Å². The number of hydrogen-bond acceptors (Lipinski definition) is 3. The van der Waals surface area contributed by atoms with Gasteiger partial charge in [0.15, 0.2) is 0 Å². The van der Waals surface area contributed by atoms with Crippen molar-refractivity contribution in [3.63, 3.8) is 0 Å². The maximum absolute atomic E-state index is 13.2. The summed E-state index contributed by atoms with van der Waals surface area (Å²) >= 11 is 0. The van der Waals surface area contributed by atoms with E-state index in [1.54, 1.807) is 18.2 Å². The van der Waals surface area contributed by atoms with Crippen molar-refractivity contribution in [2.24, 2.45) is 10.6 Å². The Labute approximate surface area is 153 Å². The number of nitrogens with zero attached hydrogens (tertiary/aromatic N) is 1. The van der Waals surface area contributed by atoms with Crippen LogP contribution in [0.15, 0.2) is 59.6 Å². The predicted molar refractivity (Wildman–Crippen MR) is 101 cm³/mol. The number of nitrogens with two attached hydrogens (primary N) is 1. The van der Waals surface area contributed by atoms with Crippen molar-refractivity contribution in [2.75, 3.05) is 0 Å². The molecule has 2 N–H and O–H groups in total. The SMILES string of the molecule is CCC1(CC)C=C(c2ccc(S(N)(=O)=O)cc2)C(c2ccc(F)nc2)=C1. The maximum atomic E-state index is 13.2. The molecule has 1 aromatic heterocycles. The third kappa shape index (κ3) is 3.48. The van der Waals surface area contributed by atoms with Crippen LogP contribution in [0, 0.1) is 11.4 Å². The highest BCUT2D eigenvalue weighted by Gasteiger charge is 2.30. The van der Waals surface area contributed by atoms with Gasteiger partial charge in [0, 0.05) is 17.2 Å². The first-order valence-electron chi connectivity index (χ1n) is 8.49. The molecule has 0 aliphatic heterocycles. The fourth-order valence-corrected chi connectivity index (χ4v) is 3.78. The van der Waals surface area contributed by atoms with E-state index in [1.165, 1.54) is 24.4 Å². The van der Waals surface area contributed by atoms with E-state index in [0.717, 1.165) is 35.1 Å². The van der Waals surface area contributed by atoms with Gasteiger partial charge in [-0.1, -0.05) is 38.1 Å². The number of aromatic nitrogens is 1. The van der Waals surface area contributed by atoms with Crippen LogP contribution in [-0.2, 0) is 10.0 Å². The summed E-state index contributed by atoms with van der Waals surface area (Å²) in [6.45, 7) is 4.26. The van der Waals surface area contributed by atoms with Crippen LogP contribution in [0.4, 0.5) is 4.39 Å². The lowest BCUT2D eigenvalue weighted by atomic mass is 9.84. The monoisotopic (exact) mass is 372 g/mol. The van der Waals surface area contributed by atoms with E-state index < -0.39 is 16.0 Å². The smallest absolute Gasteiger partial charge is 0.228 e. The molecule has 136 valence electrons.